The van der Waals surface area contributed by atoms with Crippen molar-refractivity contribution in [2.45, 2.75) is 33.2 Å². The third-order valence-corrected chi connectivity index (χ3v) is 5.86. The van der Waals surface area contributed by atoms with Gasteiger partial charge in [-0.1, -0.05) is 60.7 Å². The number of quaternary nitrogens is 1. The van der Waals surface area contributed by atoms with E-state index in [2.05, 4.69) is 81.4 Å². The van der Waals surface area contributed by atoms with E-state index >= 15 is 0 Å². The van der Waals surface area contributed by atoms with Gasteiger partial charge in [-0.05, 0) is 37.5 Å². The molecule has 0 spiro atoms. The number of nitrogens with zero attached hydrogens (tertiary/aromatic N) is 1. The number of hydrogen-bond acceptors (Lipinski definition) is 0. The molecule has 0 amide bonds. The van der Waals surface area contributed by atoms with Crippen LogP contribution in [-0.2, 0) is 0 Å². The van der Waals surface area contributed by atoms with Gasteiger partial charge < -0.3 is 4.48 Å². The van der Waals surface area contributed by atoms with Crippen molar-refractivity contribution in [3.05, 3.63) is 77.4 Å². The predicted octanol–water partition coefficient (Wildman–Crippen LogP) is 5.72. The maximum atomic E-state index is 2.43. The Bertz CT molecular complexity index is 630. The molecule has 0 aromatic heterocycles. The Balaban J connectivity index is 0.00000208. The molecule has 1 aliphatic heterocycles. The number of rotatable bonds is 4. The molecule has 1 saturated heterocycles. The molecule has 1 nitrogen and oxygen atoms in total. The van der Waals surface area contributed by atoms with Crippen LogP contribution in [0.1, 0.15) is 38.3 Å². The zero-order valence-corrected chi connectivity index (χ0v) is 16.7. The largest absolute Gasteiger partial charge is 0.318 e. The normalized spacial score (nSPS) is 19.0. The fraction of sp³-hybridized carbons (Fsp3) is 0.364. The summed E-state index contributed by atoms with van der Waals surface area (Å²) in [5.41, 5.74) is 5.80. The number of benzene rings is 2. The topological polar surface area (TPSA) is 0 Å². The summed E-state index contributed by atoms with van der Waals surface area (Å²) in [6.45, 7) is 10.8. The Hall–Kier alpha value is -1.38. The average molecular weight is 387 g/mol. The van der Waals surface area contributed by atoms with Gasteiger partial charge in [-0.2, -0.15) is 0 Å². The number of hydrogen-bond donors (Lipinski definition) is 0. The van der Waals surface area contributed by atoms with E-state index in [0.29, 0.717) is 6.04 Å². The van der Waals surface area contributed by atoms with E-state index in [4.69, 9.17) is 0 Å². The summed E-state index contributed by atoms with van der Waals surface area (Å²) < 4.78 is 1.22. The van der Waals surface area contributed by atoms with Crippen molar-refractivity contribution in [1.82, 2.24) is 0 Å². The standard InChI is InChI=1S/C22H28N.BrH/c1-4-23(5-2)17-16-21(18(23)3)22(19-12-8-6-9-13-19)20-14-10-7-11-15-20;/h6-15,18H,4-5,16-17H2,1-3H3;1H/q+1;. The first-order valence-electron chi connectivity index (χ1n) is 8.91. The van der Waals surface area contributed by atoms with E-state index in [1.807, 2.05) is 0 Å². The molecule has 0 saturated carbocycles. The molecular weight excluding hydrogens is 358 g/mol. The van der Waals surface area contributed by atoms with Crippen LogP contribution in [0.4, 0.5) is 0 Å². The van der Waals surface area contributed by atoms with Gasteiger partial charge in [0.25, 0.3) is 0 Å². The molecule has 1 heterocycles. The lowest BCUT2D eigenvalue weighted by Gasteiger charge is -2.37. The molecule has 2 heteroatoms. The Morgan fingerprint density at radius 1 is 0.875 bits per heavy atom. The molecule has 0 aliphatic carbocycles. The zero-order chi connectivity index (χ0) is 16.3. The Labute approximate surface area is 157 Å². The fourth-order valence-electron chi connectivity index (χ4n) is 4.24. The van der Waals surface area contributed by atoms with Gasteiger partial charge >= 0.3 is 0 Å². The quantitative estimate of drug-likeness (QED) is 0.589. The highest BCUT2D eigenvalue weighted by molar-refractivity contribution is 8.93. The van der Waals surface area contributed by atoms with Gasteiger partial charge in [-0.15, -0.1) is 17.0 Å². The molecule has 0 bridgehead atoms. The van der Waals surface area contributed by atoms with E-state index in [-0.39, 0.29) is 17.0 Å². The molecule has 0 N–H and O–H groups in total. The monoisotopic (exact) mass is 386 g/mol. The van der Waals surface area contributed by atoms with Gasteiger partial charge in [0.05, 0.1) is 19.6 Å². The molecule has 1 atom stereocenters. The van der Waals surface area contributed by atoms with Gasteiger partial charge in [-0.3, -0.25) is 0 Å². The second kappa shape index (κ2) is 8.13. The van der Waals surface area contributed by atoms with E-state index in [9.17, 15) is 0 Å². The van der Waals surface area contributed by atoms with E-state index < -0.39 is 0 Å². The van der Waals surface area contributed by atoms with Crippen LogP contribution < -0.4 is 0 Å². The van der Waals surface area contributed by atoms with Crippen molar-refractivity contribution in [2.24, 2.45) is 0 Å². The smallest absolute Gasteiger partial charge is 0.109 e. The van der Waals surface area contributed by atoms with Crippen LogP contribution in [0.3, 0.4) is 0 Å². The molecule has 2 aromatic carbocycles. The van der Waals surface area contributed by atoms with E-state index in [1.54, 1.807) is 5.57 Å². The van der Waals surface area contributed by atoms with Crippen LogP contribution in [0.15, 0.2) is 66.2 Å². The molecule has 2 aromatic rings. The first kappa shape index (κ1) is 19.0. The lowest BCUT2D eigenvalue weighted by atomic mass is 9.90. The van der Waals surface area contributed by atoms with Gasteiger partial charge in [0.15, 0.2) is 0 Å². The van der Waals surface area contributed by atoms with Crippen molar-refractivity contribution in [3.63, 3.8) is 0 Å². The summed E-state index contributed by atoms with van der Waals surface area (Å²) in [5, 5.41) is 0. The fourth-order valence-corrected chi connectivity index (χ4v) is 4.24. The Morgan fingerprint density at radius 2 is 1.33 bits per heavy atom. The summed E-state index contributed by atoms with van der Waals surface area (Å²) >= 11 is 0. The first-order chi connectivity index (χ1) is 11.2. The van der Waals surface area contributed by atoms with Crippen LogP contribution in [-0.4, -0.2) is 30.2 Å². The third kappa shape index (κ3) is 3.36. The summed E-state index contributed by atoms with van der Waals surface area (Å²) in [4.78, 5) is 0. The number of halogens is 1. The van der Waals surface area contributed by atoms with Crippen molar-refractivity contribution in [3.8, 4) is 0 Å². The third-order valence-electron chi connectivity index (χ3n) is 5.86. The zero-order valence-electron chi connectivity index (χ0n) is 15.0. The van der Waals surface area contributed by atoms with Crippen molar-refractivity contribution in [2.75, 3.05) is 19.6 Å². The molecule has 24 heavy (non-hydrogen) atoms. The van der Waals surface area contributed by atoms with Crippen LogP contribution in [0, 0.1) is 0 Å². The highest BCUT2D eigenvalue weighted by Gasteiger charge is 2.40. The predicted molar refractivity (Wildman–Crippen MR) is 110 cm³/mol. The minimum Gasteiger partial charge on any atom is -0.318 e. The maximum Gasteiger partial charge on any atom is 0.109 e. The van der Waals surface area contributed by atoms with Gasteiger partial charge in [-0.25, -0.2) is 0 Å². The van der Waals surface area contributed by atoms with E-state index in [0.717, 1.165) is 0 Å². The van der Waals surface area contributed by atoms with Gasteiger partial charge in [0.1, 0.15) is 6.04 Å². The van der Waals surface area contributed by atoms with Crippen molar-refractivity contribution < 1.29 is 4.48 Å². The Morgan fingerprint density at radius 3 is 1.71 bits per heavy atom. The lowest BCUT2D eigenvalue weighted by Crippen LogP contribution is -2.50. The molecular formula is C22H29BrN+. The van der Waals surface area contributed by atoms with Crippen molar-refractivity contribution in [1.29, 1.82) is 0 Å². The van der Waals surface area contributed by atoms with Gasteiger partial charge in [0, 0.05) is 12.0 Å². The molecule has 3 rings (SSSR count). The minimum absolute atomic E-state index is 0. The molecule has 1 aliphatic rings. The van der Waals surface area contributed by atoms with Crippen molar-refractivity contribution >= 4 is 22.6 Å². The number of likely N-dealkylation sites (N-methyl/N-ethyl adjacent to an activating group) is 1. The molecule has 1 fully saturated rings. The highest BCUT2D eigenvalue weighted by Crippen LogP contribution is 2.38. The van der Waals surface area contributed by atoms with Crippen LogP contribution in [0.2, 0.25) is 0 Å². The summed E-state index contributed by atoms with van der Waals surface area (Å²) in [6.07, 6.45) is 1.21. The van der Waals surface area contributed by atoms with Crippen LogP contribution in [0.5, 0.6) is 0 Å². The Kier molecular flexibility index (Phi) is 6.42. The SMILES string of the molecule is Br.CC[N+]1(CC)CCC(=C(c2ccccc2)c2ccccc2)C1C. The van der Waals surface area contributed by atoms with Crippen LogP contribution >= 0.6 is 17.0 Å². The summed E-state index contributed by atoms with van der Waals surface area (Å²) in [7, 11) is 0. The van der Waals surface area contributed by atoms with Crippen LogP contribution in [0.25, 0.3) is 5.57 Å². The number of likely N-dealkylation sites (tertiary alicyclic amines) is 1. The lowest BCUT2D eigenvalue weighted by molar-refractivity contribution is -0.931. The minimum atomic E-state index is 0. The highest BCUT2D eigenvalue weighted by atomic mass is 79.9. The average Bonchev–Trinajstić information content (AvgIpc) is 2.94. The summed E-state index contributed by atoms with van der Waals surface area (Å²) in [6, 6.07) is 22.4. The second-order valence-electron chi connectivity index (χ2n) is 6.63. The van der Waals surface area contributed by atoms with E-state index in [1.165, 1.54) is 47.2 Å². The molecule has 128 valence electrons. The van der Waals surface area contributed by atoms with Gasteiger partial charge in [0.2, 0.25) is 0 Å². The maximum absolute atomic E-state index is 2.43. The second-order valence-corrected chi connectivity index (χ2v) is 6.63. The first-order valence-corrected chi connectivity index (χ1v) is 8.91. The molecule has 1 unspecified atom stereocenters. The summed E-state index contributed by atoms with van der Waals surface area (Å²) in [5.74, 6) is 0. The molecule has 0 radical (unpaired) electrons.